The Bertz CT molecular complexity index is 520. The SMILES string of the molecule is CC1CC(C#N)(Nc2cccc(F)c2)CN1C1CC1. The molecule has 1 saturated carbocycles. The fourth-order valence-corrected chi connectivity index (χ4v) is 3.09. The Hall–Kier alpha value is -1.60. The molecule has 100 valence electrons. The van der Waals surface area contributed by atoms with E-state index in [1.165, 1.54) is 25.0 Å². The molecular weight excluding hydrogens is 241 g/mol. The summed E-state index contributed by atoms with van der Waals surface area (Å²) in [5.41, 5.74) is 0.0990. The first-order valence-corrected chi connectivity index (χ1v) is 6.83. The van der Waals surface area contributed by atoms with Crippen LogP contribution in [0.25, 0.3) is 0 Å². The van der Waals surface area contributed by atoms with Gasteiger partial charge in [0.05, 0.1) is 6.07 Å². The molecule has 1 saturated heterocycles. The summed E-state index contributed by atoms with van der Waals surface area (Å²) in [5, 5.41) is 12.8. The highest BCUT2D eigenvalue weighted by molar-refractivity contribution is 5.49. The molecule has 1 aliphatic heterocycles. The number of nitrogens with one attached hydrogen (secondary N) is 1. The minimum Gasteiger partial charge on any atom is -0.366 e. The van der Waals surface area contributed by atoms with E-state index in [0.717, 1.165) is 13.0 Å². The summed E-state index contributed by atoms with van der Waals surface area (Å²) in [6.07, 6.45) is 3.27. The number of hydrogen-bond acceptors (Lipinski definition) is 3. The number of anilines is 1. The predicted molar refractivity (Wildman–Crippen MR) is 72.2 cm³/mol. The summed E-state index contributed by atoms with van der Waals surface area (Å²) < 4.78 is 13.2. The minimum absolute atomic E-state index is 0.275. The summed E-state index contributed by atoms with van der Waals surface area (Å²) in [4.78, 5) is 2.41. The average Bonchev–Trinajstić information content (AvgIpc) is 3.15. The van der Waals surface area contributed by atoms with Crippen molar-refractivity contribution in [3.8, 4) is 6.07 Å². The molecule has 2 fully saturated rings. The molecule has 19 heavy (non-hydrogen) atoms. The third kappa shape index (κ3) is 2.43. The lowest BCUT2D eigenvalue weighted by atomic mass is 9.98. The molecule has 2 unspecified atom stereocenters. The second-order valence-corrected chi connectivity index (χ2v) is 5.79. The second kappa shape index (κ2) is 4.50. The first-order valence-electron chi connectivity index (χ1n) is 6.83. The van der Waals surface area contributed by atoms with E-state index in [-0.39, 0.29) is 5.82 Å². The van der Waals surface area contributed by atoms with Crippen molar-refractivity contribution in [2.45, 2.75) is 43.8 Å². The minimum atomic E-state index is -0.587. The lowest BCUT2D eigenvalue weighted by molar-refractivity contribution is 0.255. The Balaban J connectivity index is 1.79. The Morgan fingerprint density at radius 2 is 2.26 bits per heavy atom. The van der Waals surface area contributed by atoms with Crippen molar-refractivity contribution in [3.05, 3.63) is 30.1 Å². The molecular formula is C15H18FN3. The Labute approximate surface area is 113 Å². The van der Waals surface area contributed by atoms with Gasteiger partial charge in [0.15, 0.2) is 0 Å². The molecule has 0 aromatic heterocycles. The number of halogens is 1. The summed E-state index contributed by atoms with van der Waals surface area (Å²) in [6.45, 7) is 2.90. The molecule has 0 amide bonds. The van der Waals surface area contributed by atoms with Crippen LogP contribution >= 0.6 is 0 Å². The molecule has 3 rings (SSSR count). The van der Waals surface area contributed by atoms with Gasteiger partial charge in [-0.15, -0.1) is 0 Å². The van der Waals surface area contributed by atoms with Crippen molar-refractivity contribution in [1.29, 1.82) is 5.26 Å². The first kappa shape index (κ1) is 12.4. The van der Waals surface area contributed by atoms with Crippen LogP contribution < -0.4 is 5.32 Å². The lowest BCUT2D eigenvalue weighted by Gasteiger charge is -2.24. The molecule has 1 heterocycles. The standard InChI is InChI=1S/C15H18FN3/c1-11-8-15(9-17,10-19(11)14-5-6-14)18-13-4-2-3-12(16)7-13/h2-4,7,11,14,18H,5-6,8,10H2,1H3. The van der Waals surface area contributed by atoms with Crippen molar-refractivity contribution in [1.82, 2.24) is 4.90 Å². The number of nitrogens with zero attached hydrogens (tertiary/aromatic N) is 2. The van der Waals surface area contributed by atoms with E-state index in [4.69, 9.17) is 0 Å². The van der Waals surface area contributed by atoms with E-state index in [9.17, 15) is 9.65 Å². The molecule has 4 heteroatoms. The molecule has 0 spiro atoms. The lowest BCUT2D eigenvalue weighted by Crippen LogP contribution is -2.40. The van der Waals surface area contributed by atoms with E-state index in [1.807, 2.05) is 6.07 Å². The van der Waals surface area contributed by atoms with Crippen molar-refractivity contribution < 1.29 is 4.39 Å². The number of nitriles is 1. The molecule has 1 aromatic carbocycles. The fourth-order valence-electron chi connectivity index (χ4n) is 3.09. The van der Waals surface area contributed by atoms with E-state index in [2.05, 4.69) is 23.2 Å². The normalized spacial score (nSPS) is 31.1. The Morgan fingerprint density at radius 1 is 1.47 bits per heavy atom. The van der Waals surface area contributed by atoms with Crippen molar-refractivity contribution in [2.75, 3.05) is 11.9 Å². The average molecular weight is 259 g/mol. The predicted octanol–water partition coefficient (Wildman–Crippen LogP) is 2.76. The van der Waals surface area contributed by atoms with Crippen LogP contribution in [0.15, 0.2) is 24.3 Å². The van der Waals surface area contributed by atoms with Gasteiger partial charge in [0.25, 0.3) is 0 Å². The highest BCUT2D eigenvalue weighted by atomic mass is 19.1. The monoisotopic (exact) mass is 259 g/mol. The maximum atomic E-state index is 13.2. The molecule has 0 bridgehead atoms. The highest BCUT2D eigenvalue weighted by Gasteiger charge is 2.47. The summed E-state index contributed by atoms with van der Waals surface area (Å²) >= 11 is 0. The van der Waals surface area contributed by atoms with Crippen LogP contribution in [0, 0.1) is 17.1 Å². The van der Waals surface area contributed by atoms with E-state index in [1.54, 1.807) is 6.07 Å². The van der Waals surface area contributed by atoms with Gasteiger partial charge in [-0.1, -0.05) is 6.07 Å². The van der Waals surface area contributed by atoms with Crippen molar-refractivity contribution in [3.63, 3.8) is 0 Å². The molecule has 1 aromatic rings. The van der Waals surface area contributed by atoms with Gasteiger partial charge in [-0.05, 0) is 38.0 Å². The van der Waals surface area contributed by atoms with Crippen LogP contribution in [0.3, 0.4) is 0 Å². The van der Waals surface area contributed by atoms with Crippen LogP contribution in [0.1, 0.15) is 26.2 Å². The largest absolute Gasteiger partial charge is 0.366 e. The van der Waals surface area contributed by atoms with Gasteiger partial charge >= 0.3 is 0 Å². The Kier molecular flexibility index (Phi) is 2.94. The molecule has 3 nitrogen and oxygen atoms in total. The summed E-state index contributed by atoms with van der Waals surface area (Å²) in [7, 11) is 0. The zero-order valence-electron chi connectivity index (χ0n) is 11.1. The number of rotatable bonds is 3. The molecule has 2 atom stereocenters. The topological polar surface area (TPSA) is 39.1 Å². The zero-order chi connectivity index (χ0) is 13.5. The molecule has 1 N–H and O–H groups in total. The van der Waals surface area contributed by atoms with Gasteiger partial charge < -0.3 is 5.32 Å². The van der Waals surface area contributed by atoms with E-state index in [0.29, 0.717) is 17.8 Å². The first-order chi connectivity index (χ1) is 9.12. The highest BCUT2D eigenvalue weighted by Crippen LogP contribution is 2.38. The maximum Gasteiger partial charge on any atom is 0.139 e. The molecule has 2 aliphatic rings. The van der Waals surface area contributed by atoms with Crippen molar-refractivity contribution >= 4 is 5.69 Å². The van der Waals surface area contributed by atoms with Crippen molar-refractivity contribution in [2.24, 2.45) is 0 Å². The van der Waals surface area contributed by atoms with Gasteiger partial charge in [-0.2, -0.15) is 5.26 Å². The van der Waals surface area contributed by atoms with Gasteiger partial charge in [0.1, 0.15) is 11.4 Å². The van der Waals surface area contributed by atoms with E-state index >= 15 is 0 Å². The second-order valence-electron chi connectivity index (χ2n) is 5.79. The molecule has 1 aliphatic carbocycles. The number of benzene rings is 1. The smallest absolute Gasteiger partial charge is 0.139 e. The zero-order valence-corrected chi connectivity index (χ0v) is 11.1. The van der Waals surface area contributed by atoms with Crippen LogP contribution in [0.2, 0.25) is 0 Å². The van der Waals surface area contributed by atoms with Gasteiger partial charge in [0.2, 0.25) is 0 Å². The van der Waals surface area contributed by atoms with Crippen LogP contribution in [0.4, 0.5) is 10.1 Å². The number of likely N-dealkylation sites (tertiary alicyclic amines) is 1. The van der Waals surface area contributed by atoms with Gasteiger partial charge in [-0.3, -0.25) is 4.90 Å². The Morgan fingerprint density at radius 3 is 2.89 bits per heavy atom. The third-order valence-corrected chi connectivity index (χ3v) is 4.10. The maximum absolute atomic E-state index is 13.2. The van der Waals surface area contributed by atoms with Crippen LogP contribution in [-0.4, -0.2) is 29.1 Å². The van der Waals surface area contributed by atoms with E-state index < -0.39 is 5.54 Å². The molecule has 0 radical (unpaired) electrons. The van der Waals surface area contributed by atoms with Gasteiger partial charge in [0, 0.05) is 30.7 Å². The van der Waals surface area contributed by atoms with Gasteiger partial charge in [-0.25, -0.2) is 4.39 Å². The van der Waals surface area contributed by atoms with Crippen LogP contribution in [-0.2, 0) is 0 Å². The quantitative estimate of drug-likeness (QED) is 0.907. The summed E-state index contributed by atoms with van der Waals surface area (Å²) in [5.74, 6) is -0.275. The third-order valence-electron chi connectivity index (χ3n) is 4.10. The summed E-state index contributed by atoms with van der Waals surface area (Å²) in [6, 6.07) is 9.82. The fraction of sp³-hybridized carbons (Fsp3) is 0.533. The van der Waals surface area contributed by atoms with Crippen LogP contribution in [0.5, 0.6) is 0 Å². The number of hydrogen-bond donors (Lipinski definition) is 1.